The highest BCUT2D eigenvalue weighted by atomic mass is 16.6. The molecule has 6 nitrogen and oxygen atoms in total. The van der Waals surface area contributed by atoms with Gasteiger partial charge in [0.2, 0.25) is 0 Å². The molecule has 0 radical (unpaired) electrons. The van der Waals surface area contributed by atoms with Crippen molar-refractivity contribution in [1.29, 1.82) is 0 Å². The van der Waals surface area contributed by atoms with Crippen LogP contribution in [-0.4, -0.2) is 37.2 Å². The first kappa shape index (κ1) is 46.1. The van der Waals surface area contributed by atoms with Gasteiger partial charge in [0, 0.05) is 19.3 Å². The minimum Gasteiger partial charge on any atom is -0.462 e. The molecule has 0 saturated heterocycles. The van der Waals surface area contributed by atoms with Gasteiger partial charge in [-0.1, -0.05) is 168 Å². The molecular weight excluding hydrogens is 600 g/mol. The van der Waals surface area contributed by atoms with Crippen LogP contribution in [0.3, 0.4) is 0 Å². The first-order valence-corrected chi connectivity index (χ1v) is 20.7. The molecule has 0 amide bonds. The summed E-state index contributed by atoms with van der Waals surface area (Å²) in [5, 5.41) is 0. The number of hydrogen-bond acceptors (Lipinski definition) is 6. The second kappa shape index (κ2) is 38.0. The van der Waals surface area contributed by atoms with Gasteiger partial charge >= 0.3 is 17.9 Å². The zero-order valence-corrected chi connectivity index (χ0v) is 32.0. The maximum atomic E-state index is 12.6. The molecule has 48 heavy (non-hydrogen) atoms. The molecule has 0 aromatic heterocycles. The van der Waals surface area contributed by atoms with Gasteiger partial charge in [0.05, 0.1) is 0 Å². The van der Waals surface area contributed by atoms with Crippen LogP contribution in [0, 0.1) is 0 Å². The summed E-state index contributed by atoms with van der Waals surface area (Å²) in [5.74, 6) is -0.892. The zero-order chi connectivity index (χ0) is 35.2. The topological polar surface area (TPSA) is 78.9 Å². The van der Waals surface area contributed by atoms with Gasteiger partial charge < -0.3 is 14.2 Å². The van der Waals surface area contributed by atoms with Crippen molar-refractivity contribution < 1.29 is 28.6 Å². The van der Waals surface area contributed by atoms with Crippen molar-refractivity contribution in [2.45, 2.75) is 226 Å². The summed E-state index contributed by atoms with van der Waals surface area (Å²) < 4.78 is 16.5. The fourth-order valence-corrected chi connectivity index (χ4v) is 5.85. The Bertz CT molecular complexity index is 748. The number of ether oxygens (including phenoxy) is 3. The lowest BCUT2D eigenvalue weighted by Gasteiger charge is -2.18. The highest BCUT2D eigenvalue weighted by molar-refractivity contribution is 5.71. The van der Waals surface area contributed by atoms with Gasteiger partial charge in [-0.25, -0.2) is 0 Å². The molecule has 1 unspecified atom stereocenters. The fourth-order valence-electron chi connectivity index (χ4n) is 5.85. The smallest absolute Gasteiger partial charge is 0.306 e. The number of allylic oxidation sites excluding steroid dienone is 2. The van der Waals surface area contributed by atoms with E-state index in [0.717, 1.165) is 70.6 Å². The van der Waals surface area contributed by atoms with Gasteiger partial charge in [-0.15, -0.1) is 0 Å². The molecule has 0 fully saturated rings. The Kier molecular flexibility index (Phi) is 36.5. The summed E-state index contributed by atoms with van der Waals surface area (Å²) in [7, 11) is 0. The van der Waals surface area contributed by atoms with Crippen molar-refractivity contribution in [3.05, 3.63) is 12.2 Å². The number of carbonyl (C=O) groups is 3. The third kappa shape index (κ3) is 35.5. The fraction of sp³-hybridized carbons (Fsp3) is 0.881. The molecule has 0 bridgehead atoms. The molecular formula is C42H78O6. The van der Waals surface area contributed by atoms with E-state index in [1.807, 2.05) is 0 Å². The van der Waals surface area contributed by atoms with Gasteiger partial charge in [-0.2, -0.15) is 0 Å². The minimum atomic E-state index is -0.763. The van der Waals surface area contributed by atoms with E-state index in [9.17, 15) is 14.4 Å². The van der Waals surface area contributed by atoms with Crippen LogP contribution in [0.5, 0.6) is 0 Å². The van der Waals surface area contributed by atoms with E-state index in [1.165, 1.54) is 109 Å². The molecule has 0 aromatic rings. The molecule has 0 aliphatic rings. The van der Waals surface area contributed by atoms with Crippen molar-refractivity contribution >= 4 is 17.9 Å². The third-order valence-corrected chi connectivity index (χ3v) is 9.02. The Morgan fingerprint density at radius 3 is 1.08 bits per heavy atom. The number of unbranched alkanes of at least 4 members (excludes halogenated alkanes) is 24. The van der Waals surface area contributed by atoms with Crippen molar-refractivity contribution in [3.8, 4) is 0 Å². The Labute approximate surface area is 297 Å². The molecule has 0 N–H and O–H groups in total. The van der Waals surface area contributed by atoms with E-state index in [4.69, 9.17) is 14.2 Å². The van der Waals surface area contributed by atoms with Crippen molar-refractivity contribution in [3.63, 3.8) is 0 Å². The molecule has 0 saturated carbocycles. The third-order valence-electron chi connectivity index (χ3n) is 9.02. The van der Waals surface area contributed by atoms with Crippen LogP contribution in [0.2, 0.25) is 0 Å². The molecule has 282 valence electrons. The van der Waals surface area contributed by atoms with E-state index in [2.05, 4.69) is 32.9 Å². The summed E-state index contributed by atoms with van der Waals surface area (Å²) in [6.07, 6.45) is 37.9. The van der Waals surface area contributed by atoms with Gasteiger partial charge in [0.1, 0.15) is 13.2 Å². The van der Waals surface area contributed by atoms with E-state index in [1.54, 1.807) is 0 Å². The van der Waals surface area contributed by atoms with Crippen LogP contribution < -0.4 is 0 Å². The molecule has 0 spiro atoms. The second-order valence-corrected chi connectivity index (χ2v) is 13.9. The predicted octanol–water partition coefficient (Wildman–Crippen LogP) is 12.7. The Balaban J connectivity index is 4.25. The molecule has 0 heterocycles. The maximum Gasteiger partial charge on any atom is 0.306 e. The van der Waals surface area contributed by atoms with Crippen LogP contribution in [0.15, 0.2) is 12.2 Å². The van der Waals surface area contributed by atoms with Crippen LogP contribution in [0.4, 0.5) is 0 Å². The van der Waals surface area contributed by atoms with Crippen LogP contribution in [0.25, 0.3) is 0 Å². The number of carbonyl (C=O) groups excluding carboxylic acids is 3. The number of esters is 3. The second-order valence-electron chi connectivity index (χ2n) is 13.9. The zero-order valence-electron chi connectivity index (χ0n) is 32.0. The first-order chi connectivity index (χ1) is 23.5. The minimum absolute atomic E-state index is 0.0707. The lowest BCUT2D eigenvalue weighted by molar-refractivity contribution is -0.167. The van der Waals surface area contributed by atoms with Gasteiger partial charge in [0.15, 0.2) is 6.10 Å². The monoisotopic (exact) mass is 679 g/mol. The van der Waals surface area contributed by atoms with Crippen molar-refractivity contribution in [2.75, 3.05) is 13.2 Å². The standard InChI is InChI=1S/C42H78O6/c1-4-7-10-13-15-17-19-21-23-24-26-29-32-35-41(44)47-38-39(37-46-40(43)34-31-28-12-9-6-3)48-42(45)36-33-30-27-25-22-20-18-16-14-11-8-5-2/h16,18,39H,4-15,17,19-38H2,1-3H3/b18-16-. The highest BCUT2D eigenvalue weighted by Crippen LogP contribution is 2.14. The van der Waals surface area contributed by atoms with Gasteiger partial charge in [0.25, 0.3) is 0 Å². The van der Waals surface area contributed by atoms with Crippen molar-refractivity contribution in [2.24, 2.45) is 0 Å². The van der Waals surface area contributed by atoms with E-state index in [0.29, 0.717) is 19.3 Å². The molecule has 0 rings (SSSR count). The Hall–Kier alpha value is -1.85. The molecule has 1 atom stereocenters. The first-order valence-electron chi connectivity index (χ1n) is 20.7. The average molecular weight is 679 g/mol. The van der Waals surface area contributed by atoms with Crippen molar-refractivity contribution in [1.82, 2.24) is 0 Å². The van der Waals surface area contributed by atoms with Gasteiger partial charge in [-0.05, 0) is 44.9 Å². The number of rotatable bonds is 37. The van der Waals surface area contributed by atoms with E-state index in [-0.39, 0.29) is 31.1 Å². The Morgan fingerprint density at radius 1 is 0.396 bits per heavy atom. The Morgan fingerprint density at radius 2 is 0.688 bits per heavy atom. The highest BCUT2D eigenvalue weighted by Gasteiger charge is 2.19. The molecule has 0 aromatic carbocycles. The normalized spacial score (nSPS) is 12.0. The summed E-state index contributed by atoms with van der Waals surface area (Å²) in [5.41, 5.74) is 0. The molecule has 0 aliphatic heterocycles. The maximum absolute atomic E-state index is 12.6. The molecule has 6 heteroatoms. The summed E-state index contributed by atoms with van der Waals surface area (Å²) in [4.78, 5) is 37.3. The average Bonchev–Trinajstić information content (AvgIpc) is 3.08. The quantitative estimate of drug-likeness (QED) is 0.0282. The van der Waals surface area contributed by atoms with Crippen LogP contribution >= 0.6 is 0 Å². The van der Waals surface area contributed by atoms with Crippen LogP contribution in [0.1, 0.15) is 220 Å². The summed E-state index contributed by atoms with van der Waals surface area (Å²) in [6, 6.07) is 0. The summed E-state index contributed by atoms with van der Waals surface area (Å²) in [6.45, 7) is 6.51. The summed E-state index contributed by atoms with van der Waals surface area (Å²) >= 11 is 0. The van der Waals surface area contributed by atoms with E-state index < -0.39 is 6.10 Å². The number of hydrogen-bond donors (Lipinski definition) is 0. The lowest BCUT2D eigenvalue weighted by Crippen LogP contribution is -2.30. The van der Waals surface area contributed by atoms with Gasteiger partial charge in [-0.3, -0.25) is 14.4 Å². The predicted molar refractivity (Wildman–Crippen MR) is 201 cm³/mol. The van der Waals surface area contributed by atoms with E-state index >= 15 is 0 Å². The largest absolute Gasteiger partial charge is 0.462 e. The SMILES string of the molecule is CCCCC/C=C\CCCCCCCC(=O)OC(COC(=O)CCCCCCC)COC(=O)CCCCCCCCCCCCCCC. The molecule has 0 aliphatic carbocycles. The van der Waals surface area contributed by atoms with Crippen LogP contribution in [-0.2, 0) is 28.6 Å². The lowest BCUT2D eigenvalue weighted by atomic mass is 10.0.